The van der Waals surface area contributed by atoms with Crippen molar-refractivity contribution in [2.45, 2.75) is 6.92 Å². The van der Waals surface area contributed by atoms with E-state index in [1.165, 1.54) is 6.08 Å². The molecule has 130 valence electrons. The normalized spacial score (nSPS) is 14.1. The van der Waals surface area contributed by atoms with Gasteiger partial charge in [0.2, 0.25) is 11.8 Å². The van der Waals surface area contributed by atoms with E-state index in [1.807, 2.05) is 6.92 Å². The largest absolute Gasteiger partial charge is 0.337 e. The zero-order valence-electron chi connectivity index (χ0n) is 13.5. The maximum Gasteiger partial charge on any atom is 0.246 e. The van der Waals surface area contributed by atoms with Crippen LogP contribution in [0.15, 0.2) is 36.9 Å². The van der Waals surface area contributed by atoms with Gasteiger partial charge in [-0.1, -0.05) is 29.8 Å². The van der Waals surface area contributed by atoms with E-state index in [-0.39, 0.29) is 17.7 Å². The van der Waals surface area contributed by atoms with E-state index in [4.69, 9.17) is 23.2 Å². The predicted octanol–water partition coefficient (Wildman–Crippen LogP) is 3.07. The van der Waals surface area contributed by atoms with Gasteiger partial charge in [-0.2, -0.15) is 0 Å². The van der Waals surface area contributed by atoms with Gasteiger partial charge < -0.3 is 10.2 Å². The second kappa shape index (κ2) is 6.90. The Kier molecular flexibility index (Phi) is 4.83. The third-order valence-corrected chi connectivity index (χ3v) is 4.55. The molecule has 0 unspecified atom stereocenters. The number of carbonyl (C=O) groups excluding carboxylic acids is 2. The number of likely N-dealkylation sites (tertiary alicyclic amines) is 1. The van der Waals surface area contributed by atoms with Crippen LogP contribution < -0.4 is 5.32 Å². The van der Waals surface area contributed by atoms with E-state index in [9.17, 15) is 9.59 Å². The molecule has 2 aromatic rings. The van der Waals surface area contributed by atoms with Crippen LogP contribution in [0.5, 0.6) is 0 Å². The van der Waals surface area contributed by atoms with Crippen LogP contribution in [0.2, 0.25) is 10.0 Å². The van der Waals surface area contributed by atoms with Gasteiger partial charge in [0.05, 0.1) is 16.6 Å². The summed E-state index contributed by atoms with van der Waals surface area (Å²) in [6.45, 7) is 6.07. The molecular formula is C17H16Cl2N4O2. The molecule has 1 aliphatic rings. The van der Waals surface area contributed by atoms with Crippen molar-refractivity contribution in [3.8, 4) is 5.69 Å². The lowest BCUT2D eigenvalue weighted by Gasteiger charge is -2.37. The summed E-state index contributed by atoms with van der Waals surface area (Å²) in [5, 5.41) is 8.17. The van der Waals surface area contributed by atoms with Gasteiger partial charge in [0, 0.05) is 29.9 Å². The predicted molar refractivity (Wildman–Crippen MR) is 97.2 cm³/mol. The standard InChI is InChI=1S/C17H16Cl2N4O2/c1-3-16(24)22-8-11(9-22)17(25)20-15-6-10(2)23(21-15)14-5-4-12(18)7-13(14)19/h3-7,11H,1,8-9H2,2H3,(H,20,21,25). The Morgan fingerprint density at radius 3 is 2.68 bits per heavy atom. The Morgan fingerprint density at radius 1 is 1.32 bits per heavy atom. The molecule has 1 aromatic carbocycles. The molecule has 2 heterocycles. The van der Waals surface area contributed by atoms with E-state index in [0.29, 0.717) is 34.6 Å². The molecule has 0 atom stereocenters. The number of aryl methyl sites for hydroxylation is 1. The number of aromatic nitrogens is 2. The van der Waals surface area contributed by atoms with Crippen LogP contribution in [0.3, 0.4) is 0 Å². The van der Waals surface area contributed by atoms with E-state index < -0.39 is 0 Å². The van der Waals surface area contributed by atoms with E-state index in [2.05, 4.69) is 17.0 Å². The molecular weight excluding hydrogens is 363 g/mol. The summed E-state index contributed by atoms with van der Waals surface area (Å²) >= 11 is 12.1. The molecule has 0 radical (unpaired) electrons. The Bertz CT molecular complexity index is 856. The maximum atomic E-state index is 12.3. The highest BCUT2D eigenvalue weighted by Crippen LogP contribution is 2.26. The SMILES string of the molecule is C=CC(=O)N1CC(C(=O)Nc2cc(C)n(-c3ccc(Cl)cc3Cl)n2)C1. The van der Waals surface area contributed by atoms with E-state index in [0.717, 1.165) is 5.69 Å². The molecule has 1 aliphatic heterocycles. The highest BCUT2D eigenvalue weighted by atomic mass is 35.5. The van der Waals surface area contributed by atoms with Crippen LogP contribution in [0.25, 0.3) is 5.69 Å². The van der Waals surface area contributed by atoms with Crippen molar-refractivity contribution >= 4 is 40.8 Å². The number of hydrogen-bond donors (Lipinski definition) is 1. The van der Waals surface area contributed by atoms with Crippen LogP contribution in [-0.2, 0) is 9.59 Å². The molecule has 1 saturated heterocycles. The van der Waals surface area contributed by atoms with Crippen LogP contribution >= 0.6 is 23.2 Å². The highest BCUT2D eigenvalue weighted by Gasteiger charge is 2.34. The number of nitrogens with one attached hydrogen (secondary N) is 1. The van der Waals surface area contributed by atoms with Crippen molar-refractivity contribution in [1.82, 2.24) is 14.7 Å². The summed E-state index contributed by atoms with van der Waals surface area (Å²) in [6.07, 6.45) is 1.25. The third-order valence-electron chi connectivity index (χ3n) is 4.02. The summed E-state index contributed by atoms with van der Waals surface area (Å²) in [5.41, 5.74) is 1.49. The number of amides is 2. The van der Waals surface area contributed by atoms with Crippen LogP contribution in [0.1, 0.15) is 5.69 Å². The molecule has 0 aliphatic carbocycles. The zero-order chi connectivity index (χ0) is 18.1. The van der Waals surface area contributed by atoms with Gasteiger partial charge in [0.15, 0.2) is 5.82 Å². The van der Waals surface area contributed by atoms with Gasteiger partial charge in [0.1, 0.15) is 0 Å². The van der Waals surface area contributed by atoms with Crippen molar-refractivity contribution in [2.24, 2.45) is 5.92 Å². The maximum absolute atomic E-state index is 12.3. The minimum atomic E-state index is -0.242. The van der Waals surface area contributed by atoms with Crippen molar-refractivity contribution in [3.63, 3.8) is 0 Å². The smallest absolute Gasteiger partial charge is 0.246 e. The molecule has 0 saturated carbocycles. The molecule has 3 rings (SSSR count). The monoisotopic (exact) mass is 378 g/mol. The number of carbonyl (C=O) groups is 2. The van der Waals surface area contributed by atoms with Crippen LogP contribution in [0, 0.1) is 12.8 Å². The summed E-state index contributed by atoms with van der Waals surface area (Å²) in [5.74, 6) is -0.142. The number of nitrogens with zero attached hydrogens (tertiary/aromatic N) is 3. The second-order valence-electron chi connectivity index (χ2n) is 5.81. The zero-order valence-corrected chi connectivity index (χ0v) is 15.0. The van der Waals surface area contributed by atoms with Gasteiger partial charge >= 0.3 is 0 Å². The molecule has 25 heavy (non-hydrogen) atoms. The van der Waals surface area contributed by atoms with Crippen molar-refractivity contribution < 1.29 is 9.59 Å². The average Bonchev–Trinajstić information content (AvgIpc) is 2.85. The van der Waals surface area contributed by atoms with Crippen LogP contribution in [-0.4, -0.2) is 39.6 Å². The fourth-order valence-electron chi connectivity index (χ4n) is 2.61. The number of halogens is 2. The van der Waals surface area contributed by atoms with Gasteiger partial charge in [-0.25, -0.2) is 4.68 Å². The lowest BCUT2D eigenvalue weighted by molar-refractivity contribution is -0.137. The van der Waals surface area contributed by atoms with Crippen molar-refractivity contribution in [3.05, 3.63) is 52.7 Å². The number of hydrogen-bond acceptors (Lipinski definition) is 3. The molecule has 0 bridgehead atoms. The molecule has 1 N–H and O–H groups in total. The summed E-state index contributed by atoms with van der Waals surface area (Å²) in [7, 11) is 0. The quantitative estimate of drug-likeness (QED) is 0.831. The molecule has 2 amide bonds. The fourth-order valence-corrected chi connectivity index (χ4v) is 3.10. The fraction of sp³-hybridized carbons (Fsp3) is 0.235. The lowest BCUT2D eigenvalue weighted by Crippen LogP contribution is -2.53. The number of anilines is 1. The Morgan fingerprint density at radius 2 is 2.04 bits per heavy atom. The van der Waals surface area contributed by atoms with E-state index in [1.54, 1.807) is 33.8 Å². The van der Waals surface area contributed by atoms with Gasteiger partial charge in [-0.3, -0.25) is 9.59 Å². The van der Waals surface area contributed by atoms with Gasteiger partial charge in [0.25, 0.3) is 0 Å². The summed E-state index contributed by atoms with van der Waals surface area (Å²) in [6, 6.07) is 6.88. The second-order valence-corrected chi connectivity index (χ2v) is 6.66. The average molecular weight is 379 g/mol. The summed E-state index contributed by atoms with van der Waals surface area (Å²) < 4.78 is 1.64. The molecule has 8 heteroatoms. The van der Waals surface area contributed by atoms with Gasteiger partial charge in [-0.05, 0) is 31.2 Å². The molecule has 1 aromatic heterocycles. The van der Waals surface area contributed by atoms with Crippen LogP contribution in [0.4, 0.5) is 5.82 Å². The topological polar surface area (TPSA) is 67.2 Å². The first kappa shape index (κ1) is 17.5. The van der Waals surface area contributed by atoms with E-state index >= 15 is 0 Å². The first-order valence-electron chi connectivity index (χ1n) is 7.63. The third kappa shape index (κ3) is 3.55. The first-order chi connectivity index (χ1) is 11.9. The Labute approximate surface area is 155 Å². The number of rotatable bonds is 4. The minimum Gasteiger partial charge on any atom is -0.337 e. The van der Waals surface area contributed by atoms with Crippen molar-refractivity contribution in [1.29, 1.82) is 0 Å². The van der Waals surface area contributed by atoms with Crippen molar-refractivity contribution in [2.75, 3.05) is 18.4 Å². The molecule has 0 spiro atoms. The number of benzene rings is 1. The summed E-state index contributed by atoms with van der Waals surface area (Å²) in [4.78, 5) is 25.2. The van der Waals surface area contributed by atoms with Gasteiger partial charge in [-0.15, -0.1) is 5.10 Å². The highest BCUT2D eigenvalue weighted by molar-refractivity contribution is 6.35. The Hall–Kier alpha value is -2.31. The molecule has 1 fully saturated rings. The minimum absolute atomic E-state index is 0.165. The Balaban J connectivity index is 1.70. The first-order valence-corrected chi connectivity index (χ1v) is 8.39. The lowest BCUT2D eigenvalue weighted by atomic mass is 9.99. The molecule has 6 nitrogen and oxygen atoms in total.